The smallest absolute Gasteiger partial charge is 0.295 e. The average molecular weight is 476 g/mol. The van der Waals surface area contributed by atoms with Crippen molar-refractivity contribution in [2.45, 2.75) is 19.6 Å². The maximum atomic E-state index is 13.6. The van der Waals surface area contributed by atoms with E-state index in [4.69, 9.17) is 9.47 Å². The number of hydrogen-bond donors (Lipinski definition) is 1. The van der Waals surface area contributed by atoms with Crippen LogP contribution in [0.15, 0.2) is 78.4 Å². The fourth-order valence-electron chi connectivity index (χ4n) is 4.14. The first-order valence-corrected chi connectivity index (χ1v) is 11.2. The van der Waals surface area contributed by atoms with Gasteiger partial charge in [-0.2, -0.15) is 0 Å². The van der Waals surface area contributed by atoms with Crippen LogP contribution in [0.25, 0.3) is 5.76 Å². The van der Waals surface area contributed by atoms with Crippen molar-refractivity contribution < 1.29 is 28.6 Å². The minimum atomic E-state index is -0.861. The molecule has 35 heavy (non-hydrogen) atoms. The third kappa shape index (κ3) is 5.10. The maximum Gasteiger partial charge on any atom is 0.295 e. The molecule has 0 radical (unpaired) electrons. The zero-order chi connectivity index (χ0) is 24.9. The summed E-state index contributed by atoms with van der Waals surface area (Å²) in [5, 5.41) is 11.2. The standard InChI is InChI=1S/C28H26FNO5/c1-18-16-21(10-13-23(18)35-17-19-6-4-3-5-7-19)26(31)24-25(20-8-11-22(29)12-9-20)30(14-15-34-2)28(33)27(24)32/h3-13,16,25,31H,14-15,17H2,1-2H3/b26-24-. The van der Waals surface area contributed by atoms with Gasteiger partial charge in [-0.15, -0.1) is 0 Å². The van der Waals surface area contributed by atoms with E-state index in [2.05, 4.69) is 0 Å². The molecule has 3 aromatic carbocycles. The summed E-state index contributed by atoms with van der Waals surface area (Å²) in [7, 11) is 1.49. The van der Waals surface area contributed by atoms with Crippen LogP contribution in [0, 0.1) is 12.7 Å². The van der Waals surface area contributed by atoms with E-state index in [1.54, 1.807) is 18.2 Å². The van der Waals surface area contributed by atoms with Crippen molar-refractivity contribution in [1.82, 2.24) is 4.90 Å². The van der Waals surface area contributed by atoms with Crippen LogP contribution in [-0.4, -0.2) is 42.0 Å². The molecule has 1 saturated heterocycles. The maximum absolute atomic E-state index is 13.6. The molecular weight excluding hydrogens is 449 g/mol. The number of ketones is 1. The highest BCUT2D eigenvalue weighted by Crippen LogP contribution is 2.39. The molecule has 0 saturated carbocycles. The molecule has 1 aliphatic heterocycles. The van der Waals surface area contributed by atoms with Crippen LogP contribution >= 0.6 is 0 Å². The Balaban J connectivity index is 1.69. The second-order valence-electron chi connectivity index (χ2n) is 8.29. The number of aryl methyl sites for hydroxylation is 1. The van der Waals surface area contributed by atoms with Crippen molar-refractivity contribution in [3.05, 3.63) is 106 Å². The van der Waals surface area contributed by atoms with Crippen LogP contribution in [-0.2, 0) is 20.9 Å². The monoisotopic (exact) mass is 475 g/mol. The number of nitrogens with zero attached hydrogens (tertiary/aromatic N) is 1. The van der Waals surface area contributed by atoms with Gasteiger partial charge in [0.2, 0.25) is 0 Å². The molecule has 1 N–H and O–H groups in total. The topological polar surface area (TPSA) is 76.1 Å². The number of amides is 1. The number of Topliss-reactive ketones (excluding diaryl/α,β-unsaturated/α-hetero) is 1. The number of benzene rings is 3. The van der Waals surface area contributed by atoms with Gasteiger partial charge in [0.1, 0.15) is 23.9 Å². The lowest BCUT2D eigenvalue weighted by Gasteiger charge is -2.25. The second kappa shape index (κ2) is 10.5. The first-order valence-electron chi connectivity index (χ1n) is 11.2. The van der Waals surface area contributed by atoms with Gasteiger partial charge in [0.05, 0.1) is 18.2 Å². The SMILES string of the molecule is COCCN1C(=O)C(=O)/C(=C(\O)c2ccc(OCc3ccccc3)c(C)c2)C1c1ccc(F)cc1. The summed E-state index contributed by atoms with van der Waals surface area (Å²) in [6, 6.07) is 19.5. The van der Waals surface area contributed by atoms with E-state index in [-0.39, 0.29) is 24.5 Å². The summed E-state index contributed by atoms with van der Waals surface area (Å²) >= 11 is 0. The third-order valence-electron chi connectivity index (χ3n) is 5.95. The summed E-state index contributed by atoms with van der Waals surface area (Å²) in [4.78, 5) is 27.2. The first-order chi connectivity index (χ1) is 16.9. The Morgan fingerprint density at radius 1 is 1.03 bits per heavy atom. The van der Waals surface area contributed by atoms with E-state index in [1.165, 1.54) is 36.3 Å². The van der Waals surface area contributed by atoms with Gasteiger partial charge >= 0.3 is 0 Å². The van der Waals surface area contributed by atoms with Crippen molar-refractivity contribution in [2.24, 2.45) is 0 Å². The largest absolute Gasteiger partial charge is 0.507 e. The van der Waals surface area contributed by atoms with Crippen molar-refractivity contribution in [3.8, 4) is 5.75 Å². The Bertz CT molecular complexity index is 1250. The predicted octanol–water partition coefficient (Wildman–Crippen LogP) is 4.78. The minimum absolute atomic E-state index is 0.0462. The number of hydrogen-bond acceptors (Lipinski definition) is 5. The van der Waals surface area contributed by atoms with Gasteiger partial charge in [-0.3, -0.25) is 9.59 Å². The number of carbonyl (C=O) groups is 2. The van der Waals surface area contributed by atoms with Crippen LogP contribution in [0.2, 0.25) is 0 Å². The van der Waals surface area contributed by atoms with E-state index in [0.29, 0.717) is 23.5 Å². The molecule has 6 nitrogen and oxygen atoms in total. The number of aliphatic hydroxyl groups excluding tert-OH is 1. The van der Waals surface area contributed by atoms with E-state index in [1.807, 2.05) is 37.3 Å². The van der Waals surface area contributed by atoms with Crippen LogP contribution in [0.1, 0.15) is 28.3 Å². The van der Waals surface area contributed by atoms with Gasteiger partial charge in [-0.1, -0.05) is 42.5 Å². The molecule has 3 aromatic rings. The molecule has 4 rings (SSSR count). The normalized spacial score (nSPS) is 17.1. The van der Waals surface area contributed by atoms with Crippen LogP contribution < -0.4 is 4.74 Å². The Morgan fingerprint density at radius 3 is 2.40 bits per heavy atom. The highest BCUT2D eigenvalue weighted by atomic mass is 19.1. The molecule has 1 atom stereocenters. The number of aliphatic hydroxyl groups is 1. The lowest BCUT2D eigenvalue weighted by molar-refractivity contribution is -0.140. The molecule has 0 bridgehead atoms. The lowest BCUT2D eigenvalue weighted by atomic mass is 9.94. The fourth-order valence-corrected chi connectivity index (χ4v) is 4.14. The zero-order valence-corrected chi connectivity index (χ0v) is 19.5. The Labute approximate surface area is 203 Å². The molecule has 1 amide bonds. The fraction of sp³-hybridized carbons (Fsp3) is 0.214. The molecule has 1 fully saturated rings. The summed E-state index contributed by atoms with van der Waals surface area (Å²) in [5.74, 6) is -1.63. The van der Waals surface area contributed by atoms with E-state index < -0.39 is 23.5 Å². The second-order valence-corrected chi connectivity index (χ2v) is 8.29. The summed E-state index contributed by atoms with van der Waals surface area (Å²) in [6.07, 6.45) is 0. The number of rotatable bonds is 8. The number of halogens is 1. The molecule has 1 aliphatic rings. The number of methoxy groups -OCH3 is 1. The van der Waals surface area contributed by atoms with Crippen molar-refractivity contribution in [1.29, 1.82) is 0 Å². The summed E-state index contributed by atoms with van der Waals surface area (Å²) in [5.41, 5.74) is 2.63. The van der Waals surface area contributed by atoms with E-state index in [0.717, 1.165) is 11.1 Å². The van der Waals surface area contributed by atoms with Crippen LogP contribution in [0.5, 0.6) is 5.75 Å². The number of ether oxygens (including phenoxy) is 2. The molecule has 180 valence electrons. The molecule has 1 heterocycles. The Kier molecular flexibility index (Phi) is 7.27. The predicted molar refractivity (Wildman–Crippen MR) is 129 cm³/mol. The molecule has 0 aromatic heterocycles. The van der Waals surface area contributed by atoms with Crippen molar-refractivity contribution in [2.75, 3.05) is 20.3 Å². The highest BCUT2D eigenvalue weighted by Gasteiger charge is 2.45. The summed E-state index contributed by atoms with van der Waals surface area (Å²) < 4.78 is 24.6. The summed E-state index contributed by atoms with van der Waals surface area (Å²) in [6.45, 7) is 2.58. The molecule has 7 heteroatoms. The van der Waals surface area contributed by atoms with Crippen molar-refractivity contribution in [3.63, 3.8) is 0 Å². The first kappa shape index (κ1) is 24.2. The van der Waals surface area contributed by atoms with Gasteiger partial charge in [-0.25, -0.2) is 4.39 Å². The van der Waals surface area contributed by atoms with Crippen LogP contribution in [0.3, 0.4) is 0 Å². The Hall–Kier alpha value is -3.97. The van der Waals surface area contributed by atoms with E-state index >= 15 is 0 Å². The number of carbonyl (C=O) groups excluding carboxylic acids is 2. The quantitative estimate of drug-likeness (QED) is 0.288. The van der Waals surface area contributed by atoms with Crippen LogP contribution in [0.4, 0.5) is 4.39 Å². The molecule has 0 spiro atoms. The van der Waals surface area contributed by atoms with Gasteiger partial charge in [0.15, 0.2) is 0 Å². The third-order valence-corrected chi connectivity index (χ3v) is 5.95. The van der Waals surface area contributed by atoms with Gasteiger partial charge in [-0.05, 0) is 53.9 Å². The lowest BCUT2D eigenvalue weighted by Crippen LogP contribution is -2.32. The zero-order valence-electron chi connectivity index (χ0n) is 19.5. The van der Waals surface area contributed by atoms with Gasteiger partial charge < -0.3 is 19.5 Å². The molecular formula is C28H26FNO5. The van der Waals surface area contributed by atoms with Crippen molar-refractivity contribution >= 4 is 17.4 Å². The van der Waals surface area contributed by atoms with Gasteiger partial charge in [0.25, 0.3) is 11.7 Å². The average Bonchev–Trinajstić information content (AvgIpc) is 3.12. The van der Waals surface area contributed by atoms with E-state index in [9.17, 15) is 19.1 Å². The number of likely N-dealkylation sites (tertiary alicyclic amines) is 1. The molecule has 1 unspecified atom stereocenters. The minimum Gasteiger partial charge on any atom is -0.507 e. The molecule has 0 aliphatic carbocycles. The van der Waals surface area contributed by atoms with Gasteiger partial charge in [0, 0.05) is 19.2 Å². The Morgan fingerprint density at radius 2 is 1.74 bits per heavy atom. The highest BCUT2D eigenvalue weighted by molar-refractivity contribution is 6.46.